The Morgan fingerprint density at radius 2 is 1.80 bits per heavy atom. The average molecular weight is 442 g/mol. The maximum atomic E-state index is 11.8. The van der Waals surface area contributed by atoms with Crippen LogP contribution >= 0.6 is 11.6 Å². The van der Waals surface area contributed by atoms with Gasteiger partial charge in [-0.1, -0.05) is 11.6 Å². The van der Waals surface area contributed by atoms with Crippen LogP contribution in [0.5, 0.6) is 5.88 Å². The van der Waals surface area contributed by atoms with E-state index in [0.717, 1.165) is 0 Å². The lowest BCUT2D eigenvalue weighted by Crippen LogP contribution is -2.40. The van der Waals surface area contributed by atoms with Gasteiger partial charge in [-0.3, -0.25) is 19.0 Å². The van der Waals surface area contributed by atoms with Gasteiger partial charge in [0.05, 0.1) is 19.0 Å². The van der Waals surface area contributed by atoms with E-state index < -0.39 is 42.4 Å². The first-order valence-electron chi connectivity index (χ1n) is 8.91. The first-order valence-corrected chi connectivity index (χ1v) is 9.29. The molecule has 0 aromatic carbocycles. The highest BCUT2D eigenvalue weighted by molar-refractivity contribution is 6.33. The highest BCUT2D eigenvalue weighted by Gasteiger charge is 2.50. The highest BCUT2D eigenvalue weighted by atomic mass is 35.5. The number of hydrogen-bond acceptors (Lipinski definition) is 10. The molecule has 0 aliphatic carbocycles. The Labute approximate surface area is 176 Å². The van der Waals surface area contributed by atoms with Crippen LogP contribution in [0.1, 0.15) is 27.0 Å². The van der Waals surface area contributed by atoms with Gasteiger partial charge in [-0.05, 0) is 0 Å². The van der Waals surface area contributed by atoms with E-state index >= 15 is 0 Å². The molecule has 12 heteroatoms. The second kappa shape index (κ2) is 8.84. The average Bonchev–Trinajstić information content (AvgIpc) is 3.21. The number of methoxy groups -OCH3 is 1. The van der Waals surface area contributed by atoms with Gasteiger partial charge in [0.2, 0.25) is 5.88 Å². The molecule has 2 aromatic rings. The lowest BCUT2D eigenvalue weighted by Gasteiger charge is -2.24. The van der Waals surface area contributed by atoms with Crippen LogP contribution in [0, 0.1) is 0 Å². The molecular formula is C18H20ClN3O8. The number of nitrogens with zero attached hydrogens (tertiary/aromatic N) is 3. The predicted octanol–water partition coefficient (Wildman–Crippen LogP) is 1.42. The molecule has 0 spiro atoms. The summed E-state index contributed by atoms with van der Waals surface area (Å²) in [5, 5.41) is 0.109. The van der Waals surface area contributed by atoms with Crippen molar-refractivity contribution in [2.75, 3.05) is 13.7 Å². The molecule has 30 heavy (non-hydrogen) atoms. The Morgan fingerprint density at radius 3 is 2.40 bits per heavy atom. The number of ether oxygens (including phenoxy) is 5. The molecule has 4 atom stereocenters. The molecule has 162 valence electrons. The number of carbonyl (C=O) groups is 3. The summed E-state index contributed by atoms with van der Waals surface area (Å²) in [7, 11) is 1.44. The van der Waals surface area contributed by atoms with Crippen molar-refractivity contribution in [1.82, 2.24) is 14.5 Å². The largest absolute Gasteiger partial charge is 0.481 e. The Morgan fingerprint density at radius 1 is 1.13 bits per heavy atom. The molecule has 0 unspecified atom stereocenters. The number of pyridine rings is 1. The predicted molar refractivity (Wildman–Crippen MR) is 101 cm³/mol. The van der Waals surface area contributed by atoms with Crippen molar-refractivity contribution < 1.29 is 38.1 Å². The summed E-state index contributed by atoms with van der Waals surface area (Å²) in [6, 6.07) is 1.59. The molecule has 0 amide bonds. The first-order chi connectivity index (χ1) is 14.2. The number of aromatic nitrogens is 3. The van der Waals surface area contributed by atoms with Gasteiger partial charge < -0.3 is 23.7 Å². The molecule has 3 heterocycles. The number of carbonyl (C=O) groups excluding carboxylic acids is 3. The Balaban J connectivity index is 2.05. The van der Waals surface area contributed by atoms with Crippen molar-refractivity contribution in [3.63, 3.8) is 0 Å². The first kappa shape index (κ1) is 21.8. The smallest absolute Gasteiger partial charge is 0.303 e. The second-order valence-electron chi connectivity index (χ2n) is 6.49. The number of hydrogen-bond donors (Lipinski definition) is 0. The third-order valence-electron chi connectivity index (χ3n) is 4.32. The van der Waals surface area contributed by atoms with Crippen molar-refractivity contribution in [3.8, 4) is 5.88 Å². The number of fused-ring (bicyclic) bond motifs is 1. The topological polar surface area (TPSA) is 128 Å². The molecule has 1 aliphatic rings. The Bertz CT molecular complexity index is 978. The molecule has 1 saturated heterocycles. The molecule has 2 aromatic heterocycles. The van der Waals surface area contributed by atoms with Gasteiger partial charge in [0.1, 0.15) is 18.2 Å². The number of esters is 3. The van der Waals surface area contributed by atoms with Crippen LogP contribution in [0.15, 0.2) is 12.4 Å². The van der Waals surface area contributed by atoms with Crippen molar-refractivity contribution in [3.05, 3.63) is 17.5 Å². The van der Waals surface area contributed by atoms with E-state index in [9.17, 15) is 14.4 Å². The molecular weight excluding hydrogens is 422 g/mol. The molecule has 3 rings (SSSR count). The zero-order chi connectivity index (χ0) is 22.0. The van der Waals surface area contributed by atoms with Crippen LogP contribution in [0.2, 0.25) is 5.15 Å². The number of halogens is 1. The molecule has 1 aliphatic heterocycles. The van der Waals surface area contributed by atoms with E-state index in [1.807, 2.05) is 0 Å². The van der Waals surface area contributed by atoms with Crippen molar-refractivity contribution in [2.24, 2.45) is 0 Å². The summed E-state index contributed by atoms with van der Waals surface area (Å²) in [6.45, 7) is 3.46. The van der Waals surface area contributed by atoms with Crippen molar-refractivity contribution >= 4 is 40.5 Å². The van der Waals surface area contributed by atoms with E-state index in [1.165, 1.54) is 34.2 Å². The van der Waals surface area contributed by atoms with Crippen molar-refractivity contribution in [1.29, 1.82) is 0 Å². The molecule has 0 saturated carbocycles. The molecule has 0 N–H and O–H groups in total. The second-order valence-corrected chi connectivity index (χ2v) is 6.85. The molecule has 11 nitrogen and oxygen atoms in total. The third kappa shape index (κ3) is 4.46. The van der Waals surface area contributed by atoms with E-state index in [2.05, 4.69) is 9.97 Å². The summed E-state index contributed by atoms with van der Waals surface area (Å²) in [4.78, 5) is 43.0. The lowest BCUT2D eigenvalue weighted by molar-refractivity contribution is -0.166. The minimum atomic E-state index is -1.04. The molecule has 0 radical (unpaired) electrons. The van der Waals surface area contributed by atoms with Crippen LogP contribution in [0.3, 0.4) is 0 Å². The normalized spacial score (nSPS) is 23.2. The zero-order valence-corrected chi connectivity index (χ0v) is 17.4. The van der Waals surface area contributed by atoms with Gasteiger partial charge in [0.15, 0.2) is 23.6 Å². The van der Waals surface area contributed by atoms with Crippen LogP contribution in [0.25, 0.3) is 11.0 Å². The quantitative estimate of drug-likeness (QED) is 0.368. The van der Waals surface area contributed by atoms with Crippen LogP contribution in [0.4, 0.5) is 0 Å². The maximum Gasteiger partial charge on any atom is 0.303 e. The van der Waals surface area contributed by atoms with Crippen LogP contribution < -0.4 is 4.74 Å². The van der Waals surface area contributed by atoms with E-state index in [1.54, 1.807) is 10.6 Å². The van der Waals surface area contributed by atoms with Crippen LogP contribution in [-0.4, -0.2) is 64.5 Å². The van der Waals surface area contributed by atoms with Gasteiger partial charge >= 0.3 is 17.9 Å². The van der Waals surface area contributed by atoms with Gasteiger partial charge in [0.25, 0.3) is 0 Å². The van der Waals surface area contributed by atoms with Gasteiger partial charge in [0, 0.05) is 26.8 Å². The summed E-state index contributed by atoms with van der Waals surface area (Å²) in [5.41, 5.74) is 0.860. The standard InChI is InChI=1S/C18H20ClN3O8/c1-8(23)27-6-12-15(28-9(2)24)16(29-10(3)25)18(30-12)22-7-20-14-11(22)5-13(26-4)21-17(14)19/h5,7,12,15-16,18H,6H2,1-4H3/t12-,15-,16-,18-/m1/s1. The number of imidazole rings is 1. The van der Waals surface area contributed by atoms with E-state index in [4.69, 9.17) is 35.3 Å². The zero-order valence-electron chi connectivity index (χ0n) is 16.7. The minimum absolute atomic E-state index is 0.109. The maximum absolute atomic E-state index is 11.8. The summed E-state index contributed by atoms with van der Waals surface area (Å²) in [6.07, 6.45) is -2.47. The van der Waals surface area contributed by atoms with Gasteiger partial charge in [-0.25, -0.2) is 4.98 Å². The van der Waals surface area contributed by atoms with E-state index in [-0.39, 0.29) is 17.6 Å². The van der Waals surface area contributed by atoms with Gasteiger partial charge in [-0.2, -0.15) is 4.98 Å². The SMILES string of the molecule is COc1cc2c(ncn2[C@@H]2O[C@H](COC(C)=O)[C@@H](OC(C)=O)[C@H]2OC(C)=O)c(Cl)n1. The van der Waals surface area contributed by atoms with Gasteiger partial charge in [-0.15, -0.1) is 0 Å². The fraction of sp³-hybridized carbons (Fsp3) is 0.500. The summed E-state index contributed by atoms with van der Waals surface area (Å²) >= 11 is 6.17. The highest BCUT2D eigenvalue weighted by Crippen LogP contribution is 2.37. The molecule has 1 fully saturated rings. The Kier molecular flexibility index (Phi) is 6.42. The van der Waals surface area contributed by atoms with E-state index in [0.29, 0.717) is 11.0 Å². The monoisotopic (exact) mass is 441 g/mol. The molecule has 0 bridgehead atoms. The third-order valence-corrected chi connectivity index (χ3v) is 4.58. The van der Waals surface area contributed by atoms with Crippen LogP contribution in [-0.2, 0) is 33.3 Å². The fourth-order valence-electron chi connectivity index (χ4n) is 3.20. The fourth-order valence-corrected chi connectivity index (χ4v) is 3.42. The number of rotatable bonds is 6. The summed E-state index contributed by atoms with van der Waals surface area (Å²) in [5.74, 6) is -1.52. The lowest BCUT2D eigenvalue weighted by atomic mass is 10.1. The summed E-state index contributed by atoms with van der Waals surface area (Å²) < 4.78 is 28.5. The Hall–Kier alpha value is -2.92. The minimum Gasteiger partial charge on any atom is -0.481 e. The van der Waals surface area contributed by atoms with Crippen molar-refractivity contribution in [2.45, 2.75) is 45.3 Å².